The number of Topliss-reactive ketones (excluding diaryl/α,β-unsaturated/α-hetero) is 1. The van der Waals surface area contributed by atoms with Crippen molar-refractivity contribution in [2.75, 3.05) is 0 Å². The molecule has 72 valence electrons. The van der Waals surface area contributed by atoms with E-state index in [-0.39, 0.29) is 5.78 Å². The molecular weight excluding hydrogens is 190 g/mol. The van der Waals surface area contributed by atoms with Crippen LogP contribution in [0.25, 0.3) is 11.1 Å². The largest absolute Gasteiger partial charge is 0.294 e. The number of ketones is 1. The monoisotopic (exact) mass is 197 g/mol. The summed E-state index contributed by atoms with van der Waals surface area (Å²) in [6.45, 7) is 0. The van der Waals surface area contributed by atoms with E-state index in [9.17, 15) is 4.79 Å². The number of nitrogens with zero attached hydrogens (tertiary/aromatic N) is 3. The number of hydrogen-bond donors (Lipinski definition) is 0. The second kappa shape index (κ2) is 2.95. The van der Waals surface area contributed by atoms with Crippen molar-refractivity contribution < 1.29 is 4.79 Å². The van der Waals surface area contributed by atoms with E-state index in [1.807, 2.05) is 24.3 Å². The fourth-order valence-corrected chi connectivity index (χ4v) is 1.86. The smallest absolute Gasteiger partial charge is 0.169 e. The molecule has 0 N–H and O–H groups in total. The number of hydrogen-bond acceptors (Lipinski definition) is 4. The highest BCUT2D eigenvalue weighted by Gasteiger charge is 2.23. The van der Waals surface area contributed by atoms with E-state index in [4.69, 9.17) is 0 Å². The first-order chi connectivity index (χ1) is 7.36. The van der Waals surface area contributed by atoms with Gasteiger partial charge in [0.2, 0.25) is 0 Å². The highest BCUT2D eigenvalue weighted by molar-refractivity contribution is 6.06. The van der Waals surface area contributed by atoms with Crippen molar-refractivity contribution in [1.82, 2.24) is 15.4 Å². The molecule has 0 saturated heterocycles. The standard InChI is InChI=1S/C11H7N3O/c15-11-5-10-9(6-12-14-13-10)7-3-1-2-4-8(7)11/h1-4,6H,5H2. The number of rotatable bonds is 0. The number of carbonyl (C=O) groups excluding carboxylic acids is 1. The van der Waals surface area contributed by atoms with E-state index >= 15 is 0 Å². The first-order valence-corrected chi connectivity index (χ1v) is 4.66. The summed E-state index contributed by atoms with van der Waals surface area (Å²) >= 11 is 0. The van der Waals surface area contributed by atoms with Crippen LogP contribution in [-0.2, 0) is 6.42 Å². The lowest BCUT2D eigenvalue weighted by Gasteiger charge is -2.15. The molecule has 1 aromatic heterocycles. The van der Waals surface area contributed by atoms with Gasteiger partial charge >= 0.3 is 0 Å². The van der Waals surface area contributed by atoms with Gasteiger partial charge in [0.15, 0.2) is 5.78 Å². The lowest BCUT2D eigenvalue weighted by Crippen LogP contribution is -2.14. The quantitative estimate of drug-likeness (QED) is 0.638. The Bertz CT molecular complexity index is 551. The third-order valence-corrected chi connectivity index (χ3v) is 2.56. The lowest BCUT2D eigenvalue weighted by molar-refractivity contribution is 0.0990. The topological polar surface area (TPSA) is 55.7 Å². The Balaban J connectivity index is 2.34. The molecule has 1 aliphatic rings. The normalized spacial score (nSPS) is 13.2. The molecule has 0 saturated carbocycles. The van der Waals surface area contributed by atoms with Crippen molar-refractivity contribution in [2.45, 2.75) is 6.42 Å². The minimum atomic E-state index is 0.0959. The molecule has 0 unspecified atom stereocenters. The maximum absolute atomic E-state index is 11.8. The summed E-state index contributed by atoms with van der Waals surface area (Å²) in [5, 5.41) is 11.2. The molecule has 0 aliphatic heterocycles. The number of fused-ring (bicyclic) bond motifs is 3. The summed E-state index contributed by atoms with van der Waals surface area (Å²) in [6, 6.07) is 7.51. The summed E-state index contributed by atoms with van der Waals surface area (Å²) < 4.78 is 0. The molecule has 0 amide bonds. The van der Waals surface area contributed by atoms with Gasteiger partial charge in [-0.2, -0.15) is 0 Å². The van der Waals surface area contributed by atoms with Crippen LogP contribution in [0.1, 0.15) is 16.1 Å². The third kappa shape index (κ3) is 1.15. The van der Waals surface area contributed by atoms with Crippen molar-refractivity contribution in [1.29, 1.82) is 0 Å². The van der Waals surface area contributed by atoms with Crippen molar-refractivity contribution in [3.05, 3.63) is 41.7 Å². The highest BCUT2D eigenvalue weighted by Crippen LogP contribution is 2.30. The Morgan fingerprint density at radius 1 is 1.07 bits per heavy atom. The maximum atomic E-state index is 11.8. The molecule has 0 radical (unpaired) electrons. The summed E-state index contributed by atoms with van der Waals surface area (Å²) in [5.74, 6) is 0.0959. The van der Waals surface area contributed by atoms with Crippen LogP contribution in [0.2, 0.25) is 0 Å². The Morgan fingerprint density at radius 2 is 1.87 bits per heavy atom. The van der Waals surface area contributed by atoms with E-state index in [0.717, 1.165) is 16.7 Å². The molecule has 0 spiro atoms. The van der Waals surface area contributed by atoms with Crippen molar-refractivity contribution in [2.24, 2.45) is 0 Å². The second-order valence-corrected chi connectivity index (χ2v) is 3.44. The molecule has 0 bridgehead atoms. The Kier molecular flexibility index (Phi) is 1.62. The van der Waals surface area contributed by atoms with E-state index in [1.165, 1.54) is 0 Å². The number of benzene rings is 1. The number of aromatic nitrogens is 3. The van der Waals surface area contributed by atoms with Gasteiger partial charge in [0.25, 0.3) is 0 Å². The zero-order valence-electron chi connectivity index (χ0n) is 7.84. The van der Waals surface area contributed by atoms with Crippen molar-refractivity contribution >= 4 is 5.78 Å². The summed E-state index contributed by atoms with van der Waals surface area (Å²) in [5.41, 5.74) is 3.29. The molecule has 0 fully saturated rings. The van der Waals surface area contributed by atoms with Crippen LogP contribution in [0.5, 0.6) is 0 Å². The molecular formula is C11H7N3O. The zero-order chi connectivity index (χ0) is 10.3. The van der Waals surface area contributed by atoms with Crippen molar-refractivity contribution in [3.8, 4) is 11.1 Å². The molecule has 15 heavy (non-hydrogen) atoms. The molecule has 3 rings (SSSR count). The minimum Gasteiger partial charge on any atom is -0.294 e. The van der Waals surface area contributed by atoms with Gasteiger partial charge in [-0.05, 0) is 10.8 Å². The fraction of sp³-hybridized carbons (Fsp3) is 0.0909. The predicted molar refractivity (Wildman–Crippen MR) is 53.3 cm³/mol. The van der Waals surface area contributed by atoms with Crippen LogP contribution < -0.4 is 0 Å². The first-order valence-electron chi connectivity index (χ1n) is 4.66. The Labute approximate surface area is 86.0 Å². The zero-order valence-corrected chi connectivity index (χ0v) is 7.84. The van der Waals surface area contributed by atoms with Crippen LogP contribution >= 0.6 is 0 Å². The van der Waals surface area contributed by atoms with E-state index < -0.39 is 0 Å². The highest BCUT2D eigenvalue weighted by atomic mass is 16.1. The molecule has 1 aromatic carbocycles. The predicted octanol–water partition coefficient (Wildman–Crippen LogP) is 1.28. The SMILES string of the molecule is O=C1Cc2nnncc2-c2ccccc21. The Morgan fingerprint density at radius 3 is 2.73 bits per heavy atom. The molecule has 0 atom stereocenters. The van der Waals surface area contributed by atoms with Gasteiger partial charge in [0.1, 0.15) is 0 Å². The minimum absolute atomic E-state index is 0.0959. The number of carbonyl (C=O) groups is 1. The average molecular weight is 197 g/mol. The van der Waals surface area contributed by atoms with Gasteiger partial charge in [-0.25, -0.2) is 0 Å². The van der Waals surface area contributed by atoms with Gasteiger partial charge in [0, 0.05) is 11.1 Å². The summed E-state index contributed by atoms with van der Waals surface area (Å²) in [4.78, 5) is 11.8. The summed E-state index contributed by atoms with van der Waals surface area (Å²) in [7, 11) is 0. The maximum Gasteiger partial charge on any atom is 0.169 e. The molecule has 2 aromatic rings. The van der Waals surface area contributed by atoms with Gasteiger partial charge < -0.3 is 0 Å². The van der Waals surface area contributed by atoms with Crippen molar-refractivity contribution in [3.63, 3.8) is 0 Å². The second-order valence-electron chi connectivity index (χ2n) is 3.44. The van der Waals surface area contributed by atoms with Crippen LogP contribution in [-0.4, -0.2) is 21.2 Å². The van der Waals surface area contributed by atoms with E-state index in [0.29, 0.717) is 12.1 Å². The molecule has 4 heteroatoms. The lowest BCUT2D eigenvalue weighted by atomic mass is 9.89. The van der Waals surface area contributed by atoms with Gasteiger partial charge in [-0.3, -0.25) is 4.79 Å². The fourth-order valence-electron chi connectivity index (χ4n) is 1.86. The Hall–Kier alpha value is -2.10. The van der Waals surface area contributed by atoms with E-state index in [2.05, 4.69) is 15.4 Å². The molecule has 1 aliphatic carbocycles. The average Bonchev–Trinajstić information content (AvgIpc) is 2.30. The van der Waals surface area contributed by atoms with Gasteiger partial charge in [0.05, 0.1) is 18.3 Å². The van der Waals surface area contributed by atoms with Crippen LogP contribution in [0.3, 0.4) is 0 Å². The molecule has 4 nitrogen and oxygen atoms in total. The third-order valence-electron chi connectivity index (χ3n) is 2.56. The van der Waals surface area contributed by atoms with Gasteiger partial charge in [-0.1, -0.05) is 24.3 Å². The van der Waals surface area contributed by atoms with Gasteiger partial charge in [-0.15, -0.1) is 10.2 Å². The summed E-state index contributed by atoms with van der Waals surface area (Å²) in [6.07, 6.45) is 1.98. The molecule has 1 heterocycles. The van der Waals surface area contributed by atoms with Crippen LogP contribution in [0.15, 0.2) is 30.5 Å². The van der Waals surface area contributed by atoms with E-state index in [1.54, 1.807) is 6.20 Å². The van der Waals surface area contributed by atoms with Crippen LogP contribution in [0, 0.1) is 0 Å². The first kappa shape index (κ1) is 8.23. The van der Waals surface area contributed by atoms with Crippen LogP contribution in [0.4, 0.5) is 0 Å².